The van der Waals surface area contributed by atoms with Crippen LogP contribution in [0.25, 0.3) is 22.4 Å². The van der Waals surface area contributed by atoms with E-state index in [1.54, 1.807) is 11.8 Å². The standard InChI is InChI=1S/C16H13BrN2OS/c1-21-13-5-3-2-4-12(13)15-14(16(18)20-19-15)10-6-8-11(17)9-7-10/h2-9H,18H2,1H3. The van der Waals surface area contributed by atoms with Gasteiger partial charge >= 0.3 is 0 Å². The number of anilines is 1. The molecule has 5 heteroatoms. The van der Waals surface area contributed by atoms with E-state index in [-0.39, 0.29) is 0 Å². The smallest absolute Gasteiger partial charge is 0.230 e. The minimum absolute atomic E-state index is 0.336. The molecule has 0 aliphatic rings. The Morgan fingerprint density at radius 1 is 1.10 bits per heavy atom. The first-order valence-electron chi connectivity index (χ1n) is 6.35. The highest BCUT2D eigenvalue weighted by atomic mass is 79.9. The molecular weight excluding hydrogens is 348 g/mol. The van der Waals surface area contributed by atoms with Crippen LogP contribution in [0.2, 0.25) is 0 Å². The van der Waals surface area contributed by atoms with Crippen molar-refractivity contribution in [2.45, 2.75) is 4.90 Å². The van der Waals surface area contributed by atoms with Gasteiger partial charge in [-0.25, -0.2) is 0 Å². The molecule has 0 amide bonds. The van der Waals surface area contributed by atoms with Crippen molar-refractivity contribution in [3.8, 4) is 22.4 Å². The van der Waals surface area contributed by atoms with Gasteiger partial charge in [-0.05, 0) is 30.0 Å². The second-order valence-electron chi connectivity index (χ2n) is 4.48. The summed E-state index contributed by atoms with van der Waals surface area (Å²) in [5.41, 5.74) is 9.63. The number of hydrogen-bond donors (Lipinski definition) is 1. The Morgan fingerprint density at radius 2 is 1.81 bits per heavy atom. The minimum atomic E-state index is 0.336. The summed E-state index contributed by atoms with van der Waals surface area (Å²) in [5, 5.41) is 4.17. The summed E-state index contributed by atoms with van der Waals surface area (Å²) in [5.74, 6) is 0.336. The third-order valence-electron chi connectivity index (χ3n) is 3.21. The summed E-state index contributed by atoms with van der Waals surface area (Å²) in [6.45, 7) is 0. The van der Waals surface area contributed by atoms with Gasteiger partial charge in [0, 0.05) is 14.9 Å². The van der Waals surface area contributed by atoms with Crippen molar-refractivity contribution in [2.24, 2.45) is 0 Å². The van der Waals surface area contributed by atoms with Crippen molar-refractivity contribution >= 4 is 33.6 Å². The molecule has 0 aliphatic heterocycles. The van der Waals surface area contributed by atoms with Crippen LogP contribution in [-0.4, -0.2) is 11.4 Å². The molecule has 0 fully saturated rings. The number of benzene rings is 2. The van der Waals surface area contributed by atoms with E-state index >= 15 is 0 Å². The summed E-state index contributed by atoms with van der Waals surface area (Å²) >= 11 is 5.12. The maximum Gasteiger partial charge on any atom is 0.230 e. The number of nitrogens with two attached hydrogens (primary N) is 1. The largest absolute Gasteiger partial charge is 0.367 e. The number of aromatic nitrogens is 1. The van der Waals surface area contributed by atoms with Crippen LogP contribution in [0, 0.1) is 0 Å². The first kappa shape index (κ1) is 14.2. The lowest BCUT2D eigenvalue weighted by Gasteiger charge is -2.07. The molecule has 0 unspecified atom stereocenters. The topological polar surface area (TPSA) is 52.0 Å². The van der Waals surface area contributed by atoms with Crippen molar-refractivity contribution < 1.29 is 4.52 Å². The molecule has 3 rings (SSSR count). The normalized spacial score (nSPS) is 10.8. The van der Waals surface area contributed by atoms with Gasteiger partial charge in [0.1, 0.15) is 5.69 Å². The second-order valence-corrected chi connectivity index (χ2v) is 6.24. The zero-order valence-electron chi connectivity index (χ0n) is 11.3. The third-order valence-corrected chi connectivity index (χ3v) is 4.54. The van der Waals surface area contributed by atoms with Gasteiger partial charge in [-0.2, -0.15) is 0 Å². The van der Waals surface area contributed by atoms with E-state index in [1.165, 1.54) is 0 Å². The van der Waals surface area contributed by atoms with Crippen molar-refractivity contribution in [3.05, 3.63) is 53.0 Å². The fourth-order valence-electron chi connectivity index (χ4n) is 2.22. The SMILES string of the molecule is CSc1ccccc1-c1noc(N)c1-c1ccc(Br)cc1. The quantitative estimate of drug-likeness (QED) is 0.662. The van der Waals surface area contributed by atoms with E-state index in [9.17, 15) is 0 Å². The molecule has 0 radical (unpaired) electrons. The Hall–Kier alpha value is -1.72. The molecule has 0 aliphatic carbocycles. The molecule has 3 nitrogen and oxygen atoms in total. The molecule has 0 saturated carbocycles. The number of hydrogen-bond acceptors (Lipinski definition) is 4. The molecule has 2 N–H and O–H groups in total. The molecule has 21 heavy (non-hydrogen) atoms. The molecular formula is C16H13BrN2OS. The van der Waals surface area contributed by atoms with Crippen LogP contribution < -0.4 is 5.73 Å². The van der Waals surface area contributed by atoms with Gasteiger partial charge in [-0.1, -0.05) is 51.4 Å². The molecule has 0 spiro atoms. The molecule has 1 aromatic heterocycles. The zero-order valence-corrected chi connectivity index (χ0v) is 13.7. The van der Waals surface area contributed by atoms with Gasteiger partial charge in [-0.15, -0.1) is 11.8 Å². The minimum Gasteiger partial charge on any atom is -0.367 e. The van der Waals surface area contributed by atoms with Crippen LogP contribution in [0.5, 0.6) is 0 Å². The monoisotopic (exact) mass is 360 g/mol. The summed E-state index contributed by atoms with van der Waals surface area (Å²) < 4.78 is 6.26. The van der Waals surface area contributed by atoms with Crippen molar-refractivity contribution in [3.63, 3.8) is 0 Å². The van der Waals surface area contributed by atoms with Crippen molar-refractivity contribution in [2.75, 3.05) is 12.0 Å². The Bertz CT molecular complexity index is 768. The summed E-state index contributed by atoms with van der Waals surface area (Å²) in [4.78, 5) is 1.14. The lowest BCUT2D eigenvalue weighted by Crippen LogP contribution is -1.89. The average molecular weight is 361 g/mol. The number of halogens is 1. The third kappa shape index (κ3) is 2.71. The van der Waals surface area contributed by atoms with Gasteiger partial charge in [-0.3, -0.25) is 0 Å². The van der Waals surface area contributed by atoms with E-state index in [4.69, 9.17) is 10.3 Å². The molecule has 3 aromatic rings. The van der Waals surface area contributed by atoms with E-state index < -0.39 is 0 Å². The predicted octanol–water partition coefficient (Wildman–Crippen LogP) is 5.08. The van der Waals surface area contributed by atoms with Gasteiger partial charge < -0.3 is 10.3 Å². The molecule has 1 heterocycles. The van der Waals surface area contributed by atoms with Crippen LogP contribution in [0.4, 0.5) is 5.88 Å². The summed E-state index contributed by atoms with van der Waals surface area (Å²) in [6, 6.07) is 16.1. The highest BCUT2D eigenvalue weighted by molar-refractivity contribution is 9.10. The molecule has 0 bridgehead atoms. The summed E-state index contributed by atoms with van der Waals surface area (Å²) in [6.07, 6.45) is 2.04. The Morgan fingerprint density at radius 3 is 2.52 bits per heavy atom. The number of nitrogens with zero attached hydrogens (tertiary/aromatic N) is 1. The van der Waals surface area contributed by atoms with Crippen LogP contribution >= 0.6 is 27.7 Å². The number of rotatable bonds is 3. The Kier molecular flexibility index (Phi) is 4.03. The van der Waals surface area contributed by atoms with Crippen LogP contribution in [0.3, 0.4) is 0 Å². The Balaban J connectivity index is 2.19. The first-order chi connectivity index (χ1) is 10.2. The number of nitrogen functional groups attached to an aromatic ring is 1. The zero-order chi connectivity index (χ0) is 14.8. The second kappa shape index (κ2) is 5.95. The summed E-state index contributed by atoms with van der Waals surface area (Å²) in [7, 11) is 0. The van der Waals surface area contributed by atoms with Gasteiger partial charge in [0.05, 0.1) is 5.56 Å². The van der Waals surface area contributed by atoms with E-state index in [2.05, 4.69) is 27.2 Å². The van der Waals surface area contributed by atoms with Gasteiger partial charge in [0.2, 0.25) is 5.88 Å². The van der Waals surface area contributed by atoms with Crippen LogP contribution in [0.15, 0.2) is 62.4 Å². The van der Waals surface area contributed by atoms with E-state index in [0.717, 1.165) is 31.8 Å². The van der Waals surface area contributed by atoms with Crippen molar-refractivity contribution in [1.82, 2.24) is 5.16 Å². The Labute approximate surface area is 135 Å². The molecule has 106 valence electrons. The first-order valence-corrected chi connectivity index (χ1v) is 8.37. The lowest BCUT2D eigenvalue weighted by atomic mass is 10.0. The number of thioether (sulfide) groups is 1. The molecule has 0 saturated heterocycles. The highest BCUT2D eigenvalue weighted by Crippen LogP contribution is 2.39. The predicted molar refractivity (Wildman–Crippen MR) is 91.3 cm³/mol. The lowest BCUT2D eigenvalue weighted by molar-refractivity contribution is 0.439. The van der Waals surface area contributed by atoms with Crippen LogP contribution in [-0.2, 0) is 0 Å². The van der Waals surface area contributed by atoms with E-state index in [0.29, 0.717) is 5.88 Å². The maximum atomic E-state index is 5.99. The van der Waals surface area contributed by atoms with E-state index in [1.807, 2.05) is 48.7 Å². The average Bonchev–Trinajstić information content (AvgIpc) is 2.90. The maximum absolute atomic E-state index is 5.99. The fraction of sp³-hybridized carbons (Fsp3) is 0.0625. The van der Waals surface area contributed by atoms with Crippen LogP contribution in [0.1, 0.15) is 0 Å². The highest BCUT2D eigenvalue weighted by Gasteiger charge is 2.19. The van der Waals surface area contributed by atoms with Gasteiger partial charge in [0.25, 0.3) is 0 Å². The van der Waals surface area contributed by atoms with Gasteiger partial charge in [0.15, 0.2) is 0 Å². The fourth-order valence-corrected chi connectivity index (χ4v) is 3.09. The molecule has 2 aromatic carbocycles. The molecule has 0 atom stereocenters. The van der Waals surface area contributed by atoms with Crippen molar-refractivity contribution in [1.29, 1.82) is 0 Å².